The molecule has 0 saturated carbocycles. The number of fused-ring (bicyclic) bond motifs is 3. The Kier molecular flexibility index (Phi) is 3.45. The number of allylic oxidation sites excluding steroid dienone is 2. The van der Waals surface area contributed by atoms with E-state index >= 15 is 0 Å². The second-order valence-electron chi connectivity index (χ2n) is 6.03. The summed E-state index contributed by atoms with van der Waals surface area (Å²) >= 11 is 3.46. The van der Waals surface area contributed by atoms with Gasteiger partial charge in [0.15, 0.2) is 0 Å². The van der Waals surface area contributed by atoms with E-state index in [4.69, 9.17) is 0 Å². The van der Waals surface area contributed by atoms with E-state index in [9.17, 15) is 10.1 Å². The molecule has 0 bridgehead atoms. The van der Waals surface area contributed by atoms with Gasteiger partial charge in [-0.3, -0.25) is 10.1 Å². The zero-order chi connectivity index (χ0) is 16.0. The number of nitro groups is 1. The smallest absolute Gasteiger partial charge is 0.292 e. The Balaban J connectivity index is 1.83. The van der Waals surface area contributed by atoms with Gasteiger partial charge in [-0.25, -0.2) is 0 Å². The molecule has 4 nitrogen and oxygen atoms in total. The van der Waals surface area contributed by atoms with Crippen LogP contribution in [0.15, 0.2) is 59.1 Å². The van der Waals surface area contributed by atoms with Crippen molar-refractivity contribution < 1.29 is 4.92 Å². The minimum absolute atomic E-state index is 0.0803. The van der Waals surface area contributed by atoms with Crippen molar-refractivity contribution in [2.24, 2.45) is 5.92 Å². The van der Waals surface area contributed by atoms with Crippen molar-refractivity contribution in [2.45, 2.75) is 18.4 Å². The predicted molar refractivity (Wildman–Crippen MR) is 93.6 cm³/mol. The number of para-hydroxylation sites is 1. The van der Waals surface area contributed by atoms with Gasteiger partial charge in [0.1, 0.15) is 5.69 Å². The van der Waals surface area contributed by atoms with Gasteiger partial charge in [0, 0.05) is 16.5 Å². The van der Waals surface area contributed by atoms with Crippen LogP contribution in [0.25, 0.3) is 0 Å². The van der Waals surface area contributed by atoms with E-state index < -0.39 is 0 Å². The van der Waals surface area contributed by atoms with Crippen molar-refractivity contribution in [3.8, 4) is 0 Å². The Hall–Kier alpha value is -2.14. The van der Waals surface area contributed by atoms with Gasteiger partial charge in [-0.2, -0.15) is 0 Å². The van der Waals surface area contributed by atoms with E-state index in [0.717, 1.165) is 22.0 Å². The zero-order valence-electron chi connectivity index (χ0n) is 12.3. The number of halogens is 1. The van der Waals surface area contributed by atoms with E-state index in [1.165, 1.54) is 0 Å². The Labute approximate surface area is 142 Å². The monoisotopic (exact) mass is 370 g/mol. The molecule has 2 aromatic rings. The molecule has 0 saturated heterocycles. The molecule has 1 N–H and O–H groups in total. The van der Waals surface area contributed by atoms with Crippen molar-refractivity contribution >= 4 is 27.3 Å². The van der Waals surface area contributed by atoms with Gasteiger partial charge >= 0.3 is 0 Å². The topological polar surface area (TPSA) is 55.2 Å². The van der Waals surface area contributed by atoms with Gasteiger partial charge in [0.25, 0.3) is 5.69 Å². The fourth-order valence-electron chi connectivity index (χ4n) is 3.76. The summed E-state index contributed by atoms with van der Waals surface area (Å²) in [5.41, 5.74) is 3.02. The molecule has 0 spiro atoms. The Morgan fingerprint density at radius 3 is 2.70 bits per heavy atom. The van der Waals surface area contributed by atoms with Crippen LogP contribution in [0.1, 0.15) is 29.5 Å². The van der Waals surface area contributed by atoms with Gasteiger partial charge in [0.2, 0.25) is 0 Å². The van der Waals surface area contributed by atoms with Crippen LogP contribution >= 0.6 is 15.9 Å². The molecule has 1 heterocycles. The Morgan fingerprint density at radius 1 is 1.17 bits per heavy atom. The van der Waals surface area contributed by atoms with Gasteiger partial charge in [-0.1, -0.05) is 52.3 Å². The third-order valence-electron chi connectivity index (χ3n) is 4.80. The summed E-state index contributed by atoms with van der Waals surface area (Å²) in [5, 5.41) is 14.9. The van der Waals surface area contributed by atoms with E-state index in [2.05, 4.69) is 45.5 Å². The molecule has 116 valence electrons. The fourth-order valence-corrected chi connectivity index (χ4v) is 4.02. The minimum Gasteiger partial charge on any atom is -0.372 e. The molecule has 0 radical (unpaired) electrons. The molecule has 0 unspecified atom stereocenters. The van der Waals surface area contributed by atoms with Crippen LogP contribution in [0.2, 0.25) is 0 Å². The lowest BCUT2D eigenvalue weighted by Crippen LogP contribution is -2.29. The van der Waals surface area contributed by atoms with Crippen molar-refractivity contribution in [3.05, 3.63) is 80.3 Å². The van der Waals surface area contributed by atoms with Gasteiger partial charge < -0.3 is 5.32 Å². The van der Waals surface area contributed by atoms with E-state index in [1.807, 2.05) is 18.2 Å². The van der Waals surface area contributed by atoms with Crippen LogP contribution in [0.3, 0.4) is 0 Å². The summed E-state index contributed by atoms with van der Waals surface area (Å²) < 4.78 is 1.03. The van der Waals surface area contributed by atoms with Crippen molar-refractivity contribution in [2.75, 3.05) is 5.32 Å². The van der Waals surface area contributed by atoms with Crippen LogP contribution in [-0.2, 0) is 0 Å². The van der Waals surface area contributed by atoms with Crippen LogP contribution in [0, 0.1) is 16.0 Å². The molecule has 2 aromatic carbocycles. The number of hydrogen-bond acceptors (Lipinski definition) is 3. The summed E-state index contributed by atoms with van der Waals surface area (Å²) in [6.45, 7) is 0. The molecule has 1 aliphatic heterocycles. The summed E-state index contributed by atoms with van der Waals surface area (Å²) in [6.07, 6.45) is 5.37. The third-order valence-corrected chi connectivity index (χ3v) is 5.33. The van der Waals surface area contributed by atoms with Crippen LogP contribution < -0.4 is 5.32 Å². The molecule has 5 heteroatoms. The molecule has 4 rings (SSSR count). The standard InChI is InChI=1S/C18H15BrN2O2/c19-12-9-7-11(8-10-12)17-14-4-1-3-13(14)15-5-2-6-16(21(22)23)18(15)20-17/h1-3,5-10,13-14,17,20H,4H2/t13-,14+,17+/m0/s1. The lowest BCUT2D eigenvalue weighted by atomic mass is 9.77. The quantitative estimate of drug-likeness (QED) is 0.449. The molecular weight excluding hydrogens is 356 g/mol. The number of rotatable bonds is 2. The summed E-state index contributed by atoms with van der Waals surface area (Å²) in [6, 6.07) is 13.6. The van der Waals surface area contributed by atoms with Crippen LogP contribution in [-0.4, -0.2) is 4.92 Å². The number of hydrogen-bond donors (Lipinski definition) is 1. The SMILES string of the molecule is O=[N+]([O-])c1cccc2c1N[C@H](c1ccc(Br)cc1)[C@@H]1CC=C[C@H]21. The van der Waals surface area contributed by atoms with E-state index in [0.29, 0.717) is 11.6 Å². The van der Waals surface area contributed by atoms with Crippen LogP contribution in [0.5, 0.6) is 0 Å². The lowest BCUT2D eigenvalue weighted by Gasteiger charge is -2.37. The Morgan fingerprint density at radius 2 is 1.96 bits per heavy atom. The normalized spacial score (nSPS) is 24.7. The fraction of sp³-hybridized carbons (Fsp3) is 0.222. The maximum absolute atomic E-state index is 11.4. The number of nitro benzene ring substituents is 1. The molecule has 0 aromatic heterocycles. The number of anilines is 1. The third kappa shape index (κ3) is 2.36. The van der Waals surface area contributed by atoms with Gasteiger partial charge in [0.05, 0.1) is 11.0 Å². The first-order valence-electron chi connectivity index (χ1n) is 7.61. The molecular formula is C18H15BrN2O2. The largest absolute Gasteiger partial charge is 0.372 e. The zero-order valence-corrected chi connectivity index (χ0v) is 13.9. The molecule has 1 aliphatic carbocycles. The lowest BCUT2D eigenvalue weighted by molar-refractivity contribution is -0.384. The van der Waals surface area contributed by atoms with E-state index in [1.54, 1.807) is 12.1 Å². The highest BCUT2D eigenvalue weighted by atomic mass is 79.9. The highest BCUT2D eigenvalue weighted by Gasteiger charge is 2.40. The molecule has 0 fully saturated rings. The summed E-state index contributed by atoms with van der Waals surface area (Å²) in [4.78, 5) is 11.1. The molecule has 2 aliphatic rings. The average Bonchev–Trinajstić information content (AvgIpc) is 3.04. The van der Waals surface area contributed by atoms with Crippen molar-refractivity contribution in [1.29, 1.82) is 0 Å². The average molecular weight is 371 g/mol. The van der Waals surface area contributed by atoms with Gasteiger partial charge in [-0.05, 0) is 35.6 Å². The highest BCUT2D eigenvalue weighted by Crippen LogP contribution is 2.51. The van der Waals surface area contributed by atoms with Crippen molar-refractivity contribution in [3.63, 3.8) is 0 Å². The first-order valence-corrected chi connectivity index (χ1v) is 8.40. The highest BCUT2D eigenvalue weighted by molar-refractivity contribution is 9.10. The predicted octanol–water partition coefficient (Wildman–Crippen LogP) is 5.18. The summed E-state index contributed by atoms with van der Waals surface area (Å²) in [7, 11) is 0. The molecule has 3 atom stereocenters. The number of nitrogens with zero attached hydrogens (tertiary/aromatic N) is 1. The maximum atomic E-state index is 11.4. The second-order valence-corrected chi connectivity index (χ2v) is 6.94. The Bertz CT molecular complexity index is 801. The van der Waals surface area contributed by atoms with Gasteiger partial charge in [-0.15, -0.1) is 0 Å². The van der Waals surface area contributed by atoms with E-state index in [-0.39, 0.29) is 22.6 Å². The first-order chi connectivity index (χ1) is 11.1. The minimum atomic E-state index is -0.302. The van der Waals surface area contributed by atoms with Crippen LogP contribution in [0.4, 0.5) is 11.4 Å². The summed E-state index contributed by atoms with van der Waals surface area (Å²) in [5.74, 6) is 0.630. The molecule has 0 amide bonds. The van der Waals surface area contributed by atoms with Crippen molar-refractivity contribution in [1.82, 2.24) is 0 Å². The number of nitrogens with one attached hydrogen (secondary N) is 1. The maximum Gasteiger partial charge on any atom is 0.292 e. The second kappa shape index (κ2) is 5.49. The first kappa shape index (κ1) is 14.5. The molecule has 23 heavy (non-hydrogen) atoms. The number of benzene rings is 2.